The molecule has 7 N–H and O–H groups in total. The van der Waals surface area contributed by atoms with Gasteiger partial charge in [0, 0.05) is 126 Å². The Morgan fingerprint density at radius 2 is 1.18 bits per heavy atom. The summed E-state index contributed by atoms with van der Waals surface area (Å²) in [6.45, 7) is 7.60. The van der Waals surface area contributed by atoms with Crippen molar-refractivity contribution in [2.75, 3.05) is 122 Å². The number of carboxylic acids is 4. The van der Waals surface area contributed by atoms with E-state index in [0.717, 1.165) is 5.56 Å². The molecule has 23 nitrogen and oxygen atoms in total. The van der Waals surface area contributed by atoms with Crippen LogP contribution >= 0.6 is 33.8 Å². The second kappa shape index (κ2) is 34.9. The first-order valence-electron chi connectivity index (χ1n) is 23.3. The number of nitrogens with one attached hydrogen (secondary N) is 6. The molecule has 3 unspecified atom stereocenters. The molecule has 1 aromatic rings. The van der Waals surface area contributed by atoms with Gasteiger partial charge in [0.05, 0.1) is 43.1 Å². The van der Waals surface area contributed by atoms with Crippen LogP contribution in [-0.4, -0.2) is 206 Å². The van der Waals surface area contributed by atoms with Crippen molar-refractivity contribution in [3.63, 3.8) is 0 Å². The zero-order chi connectivity index (χ0) is 53.1. The van der Waals surface area contributed by atoms with Gasteiger partial charge in [0.25, 0.3) is 0 Å². The van der Waals surface area contributed by atoms with E-state index in [4.69, 9.17) is 12.2 Å². The molecular weight excluding hydrogens is 1140 g/mol. The molecule has 1 fully saturated rings. The van der Waals surface area contributed by atoms with E-state index < -0.39 is 90.8 Å². The molecule has 0 bridgehead atoms. The fraction of sp³-hybridized carbons (Fsp3) is 0.667. The van der Waals surface area contributed by atoms with Crippen LogP contribution in [0.15, 0.2) is 24.3 Å². The van der Waals surface area contributed by atoms with Gasteiger partial charge in [0.1, 0.15) is 0 Å². The molecule has 0 spiro atoms. The summed E-state index contributed by atoms with van der Waals surface area (Å²) in [6.07, 6.45) is 0.213. The molecule has 72 heavy (non-hydrogen) atoms. The predicted octanol–water partition coefficient (Wildman–Crippen LogP) is -5.84. The maximum Gasteiger partial charge on any atom is 3.00 e. The Kier molecular flexibility index (Phi) is 32.2. The second-order valence-corrected chi connectivity index (χ2v) is 21.3. The number of anilines is 1. The minimum atomic E-state index is -1.38. The van der Waals surface area contributed by atoms with Gasteiger partial charge in [-0.15, -0.1) is 0 Å². The van der Waals surface area contributed by atoms with Gasteiger partial charge < -0.3 is 76.6 Å². The minimum Gasteiger partial charge on any atom is -0.549 e. The summed E-state index contributed by atoms with van der Waals surface area (Å²) in [4.78, 5) is 103. The Labute approximate surface area is 466 Å². The SMILES string of the molecule is CCC(C)(CC(C)(C)C(=O)NCC(=O)NCC(=O)NCCSSCCNC(=S)Nc1ccc(CC2CN(CC(=O)[O-])CCN(CC(=O)[O-])CCN(CC(=O)[O-])CCN2CC(=O)[O-])cc1)C(=O)NCC(C)O.[Gd+3]. The van der Waals surface area contributed by atoms with Crippen molar-refractivity contribution >= 4 is 92.1 Å². The van der Waals surface area contributed by atoms with Gasteiger partial charge in [-0.25, -0.2) is 0 Å². The van der Waals surface area contributed by atoms with E-state index >= 15 is 0 Å². The van der Waals surface area contributed by atoms with E-state index in [1.165, 1.54) is 20.6 Å². The fourth-order valence-electron chi connectivity index (χ4n) is 7.63. The van der Waals surface area contributed by atoms with Crippen LogP contribution in [0.5, 0.6) is 0 Å². The molecular formula is C45H70GdN10O13S3-. The third-order valence-corrected chi connectivity index (χ3v) is 14.1. The summed E-state index contributed by atoms with van der Waals surface area (Å²) in [7, 11) is 3.09. The zero-order valence-electron chi connectivity index (χ0n) is 41.5. The third kappa shape index (κ3) is 28.2. The van der Waals surface area contributed by atoms with E-state index in [1.54, 1.807) is 60.4 Å². The van der Waals surface area contributed by atoms with E-state index in [0.29, 0.717) is 41.8 Å². The minimum absolute atomic E-state index is 0. The summed E-state index contributed by atoms with van der Waals surface area (Å²) in [5.41, 5.74) is -0.434. The van der Waals surface area contributed by atoms with E-state index in [9.17, 15) is 63.9 Å². The summed E-state index contributed by atoms with van der Waals surface area (Å²) >= 11 is 5.46. The normalized spacial score (nSPS) is 16.7. The van der Waals surface area contributed by atoms with Crippen LogP contribution in [0.3, 0.4) is 0 Å². The molecule has 1 saturated heterocycles. The van der Waals surface area contributed by atoms with Crippen molar-refractivity contribution in [2.24, 2.45) is 10.8 Å². The Morgan fingerprint density at radius 3 is 1.71 bits per heavy atom. The number of thiocarbonyl (C=S) groups is 1. The molecule has 2 rings (SSSR count). The second-order valence-electron chi connectivity index (χ2n) is 18.2. The van der Waals surface area contributed by atoms with E-state index in [2.05, 4.69) is 31.9 Å². The molecule has 3 atom stereocenters. The number of rotatable bonds is 29. The topological polar surface area (TPSA) is 334 Å². The van der Waals surface area contributed by atoms with Gasteiger partial charge in [0.15, 0.2) is 5.11 Å². The molecule has 1 aromatic carbocycles. The van der Waals surface area contributed by atoms with E-state index in [1.807, 2.05) is 19.1 Å². The van der Waals surface area contributed by atoms with Crippen LogP contribution in [0.4, 0.5) is 5.69 Å². The van der Waals surface area contributed by atoms with Crippen molar-refractivity contribution in [3.05, 3.63) is 29.8 Å². The monoisotopic (exact) mass is 1210 g/mol. The molecule has 1 aliphatic heterocycles. The van der Waals surface area contributed by atoms with Gasteiger partial charge in [-0.05, 0) is 56.1 Å². The maximum atomic E-state index is 13.0. The molecule has 1 aliphatic rings. The largest absolute Gasteiger partial charge is 3.00 e. The van der Waals surface area contributed by atoms with Crippen molar-refractivity contribution in [3.8, 4) is 0 Å². The molecule has 1 heterocycles. The number of hydrogen-bond donors (Lipinski definition) is 7. The Balaban J connectivity index is 0.0000259. The van der Waals surface area contributed by atoms with Crippen LogP contribution in [0.1, 0.15) is 53.0 Å². The fourth-order valence-corrected chi connectivity index (χ4v) is 9.66. The van der Waals surface area contributed by atoms with Gasteiger partial charge in [-0.3, -0.25) is 38.8 Å². The van der Waals surface area contributed by atoms with Crippen molar-refractivity contribution < 1.29 is 104 Å². The van der Waals surface area contributed by atoms with Crippen LogP contribution < -0.4 is 52.3 Å². The summed E-state index contributed by atoms with van der Waals surface area (Å²) in [5.74, 6) is -5.84. The first kappa shape index (κ1) is 66.5. The third-order valence-electron chi connectivity index (χ3n) is 11.5. The first-order chi connectivity index (χ1) is 33.4. The van der Waals surface area contributed by atoms with Crippen molar-refractivity contribution in [2.45, 2.75) is 66.0 Å². The number of hydrogen-bond acceptors (Lipinski definition) is 20. The van der Waals surface area contributed by atoms with Crippen LogP contribution in [0, 0.1) is 50.8 Å². The molecule has 27 heteroatoms. The van der Waals surface area contributed by atoms with Crippen molar-refractivity contribution in [1.82, 2.24) is 46.2 Å². The molecule has 1 radical (unpaired) electrons. The number of benzene rings is 1. The van der Waals surface area contributed by atoms with Crippen LogP contribution in [-0.2, 0) is 44.8 Å². The quantitative estimate of drug-likeness (QED) is 0.0223. The summed E-state index contributed by atoms with van der Waals surface area (Å²) in [5, 5.41) is 73.3. The smallest absolute Gasteiger partial charge is 0.549 e. The first-order valence-corrected chi connectivity index (χ1v) is 26.2. The number of carbonyl (C=O) groups is 8. The number of carbonyl (C=O) groups excluding carboxylic acids is 8. The number of amides is 4. The zero-order valence-corrected chi connectivity index (χ0v) is 46.2. The van der Waals surface area contributed by atoms with Crippen molar-refractivity contribution in [1.29, 1.82) is 0 Å². The maximum absolute atomic E-state index is 13.0. The number of aliphatic carboxylic acids is 4. The number of nitrogens with zero attached hydrogens (tertiary/aromatic N) is 4. The molecule has 4 amide bonds. The number of aliphatic hydroxyl groups excluding tert-OH is 1. The Hall–Kier alpha value is -3.51. The van der Waals surface area contributed by atoms with Crippen LogP contribution in [0.2, 0.25) is 0 Å². The molecule has 0 aliphatic carbocycles. The standard InChI is InChI=1S/C45H74N10O13S3.Gd/c1-6-45(5,42(68)49-22-31(2)56)30-44(3,4)41(67)50-24-36(58)48-23-35(57)46-11-19-70-71-20-12-47-43(69)51-33-9-7-32(8-10-33)21-34-25-54(28-39(63)64)16-15-52(26-37(59)60)13-14-53(27-38(61)62)17-18-55(34)29-40(65)66;/h7-10,31,34,56H,6,11-30H2,1-5H3,(H,46,57)(H,48,58)(H,49,68)(H,50,67)(H,59,60)(H,61,62)(H,63,64)(H,65,66)(H2,47,51,69);/q;+3/p-4. The average Bonchev–Trinajstić information content (AvgIpc) is 3.28. The van der Waals surface area contributed by atoms with Gasteiger partial charge in [-0.2, -0.15) is 0 Å². The summed E-state index contributed by atoms with van der Waals surface area (Å²) < 4.78 is 0. The summed E-state index contributed by atoms with van der Waals surface area (Å²) in [6, 6.07) is 6.58. The van der Waals surface area contributed by atoms with Gasteiger partial charge >= 0.3 is 39.9 Å². The molecule has 0 aromatic heterocycles. The van der Waals surface area contributed by atoms with Gasteiger partial charge in [0.2, 0.25) is 23.6 Å². The number of aliphatic hydroxyl groups is 1. The Bertz CT molecular complexity index is 1940. The number of carboxylic acid groups (broad SMARTS) is 4. The Morgan fingerprint density at radius 1 is 0.694 bits per heavy atom. The van der Waals surface area contributed by atoms with Crippen LogP contribution in [0.25, 0.3) is 0 Å². The predicted molar refractivity (Wildman–Crippen MR) is 265 cm³/mol. The van der Waals surface area contributed by atoms with E-state index in [-0.39, 0.29) is 124 Å². The molecule has 0 saturated carbocycles. The van der Waals surface area contributed by atoms with Gasteiger partial charge in [-0.1, -0.05) is 61.4 Å². The average molecular weight is 1210 g/mol. The molecule has 405 valence electrons.